The first-order valence-corrected chi connectivity index (χ1v) is 6.08. The topological polar surface area (TPSA) is 58.7 Å². The molecule has 2 rings (SSSR count). The van der Waals surface area contributed by atoms with Crippen LogP contribution in [-0.4, -0.2) is 31.4 Å². The molecule has 0 bridgehead atoms. The molecule has 1 saturated heterocycles. The lowest BCUT2D eigenvalue weighted by atomic mass is 10.0. The third-order valence-electron chi connectivity index (χ3n) is 3.41. The molecular formula is C13H20N2O2. The minimum Gasteiger partial charge on any atom is -0.495 e. The molecule has 1 aromatic carbocycles. The lowest BCUT2D eigenvalue weighted by Crippen LogP contribution is -2.42. The normalized spacial score (nSPS) is 20.4. The zero-order chi connectivity index (χ0) is 12.3. The molecular weight excluding hydrogens is 216 g/mol. The second kappa shape index (κ2) is 5.27. The Balaban J connectivity index is 2.31. The predicted molar refractivity (Wildman–Crippen MR) is 69.5 cm³/mol. The van der Waals surface area contributed by atoms with Crippen molar-refractivity contribution in [1.29, 1.82) is 0 Å². The van der Waals surface area contributed by atoms with E-state index in [2.05, 4.69) is 4.90 Å². The molecule has 0 radical (unpaired) electrons. The van der Waals surface area contributed by atoms with Crippen LogP contribution in [0.5, 0.6) is 5.75 Å². The van der Waals surface area contributed by atoms with Crippen LogP contribution < -0.4 is 15.4 Å². The first kappa shape index (κ1) is 12.0. The maximum atomic E-state index is 9.43. The summed E-state index contributed by atoms with van der Waals surface area (Å²) in [6.45, 7) is 1.12. The summed E-state index contributed by atoms with van der Waals surface area (Å²) in [7, 11) is 1.62. The molecule has 0 aromatic heterocycles. The van der Waals surface area contributed by atoms with Crippen molar-refractivity contribution in [3.05, 3.63) is 18.2 Å². The largest absolute Gasteiger partial charge is 0.495 e. The van der Waals surface area contributed by atoms with Crippen LogP contribution in [0.25, 0.3) is 0 Å². The fraction of sp³-hybridized carbons (Fsp3) is 0.538. The highest BCUT2D eigenvalue weighted by Gasteiger charge is 2.24. The third kappa shape index (κ3) is 2.31. The number of para-hydroxylation sites is 1. The van der Waals surface area contributed by atoms with E-state index in [-0.39, 0.29) is 12.6 Å². The summed E-state index contributed by atoms with van der Waals surface area (Å²) in [5, 5.41) is 9.43. The van der Waals surface area contributed by atoms with E-state index in [9.17, 15) is 5.11 Å². The van der Waals surface area contributed by atoms with Gasteiger partial charge in [-0.05, 0) is 31.4 Å². The van der Waals surface area contributed by atoms with Gasteiger partial charge in [0, 0.05) is 6.54 Å². The van der Waals surface area contributed by atoms with E-state index in [1.807, 2.05) is 18.2 Å². The number of aliphatic hydroxyl groups excluding tert-OH is 1. The molecule has 94 valence electrons. The molecule has 1 fully saturated rings. The van der Waals surface area contributed by atoms with Crippen LogP contribution in [0, 0.1) is 0 Å². The van der Waals surface area contributed by atoms with Gasteiger partial charge in [-0.15, -0.1) is 0 Å². The number of hydrogen-bond acceptors (Lipinski definition) is 4. The number of rotatable bonds is 3. The summed E-state index contributed by atoms with van der Waals surface area (Å²) in [4.78, 5) is 2.20. The minimum atomic E-state index is 0.177. The SMILES string of the molecule is COc1cccc(N2CCCCC2CO)c1N. The van der Waals surface area contributed by atoms with Gasteiger partial charge in [-0.2, -0.15) is 0 Å². The fourth-order valence-electron chi connectivity index (χ4n) is 2.47. The second-order valence-electron chi connectivity index (χ2n) is 4.42. The van der Waals surface area contributed by atoms with Crippen LogP contribution in [-0.2, 0) is 0 Å². The maximum Gasteiger partial charge on any atom is 0.143 e. The van der Waals surface area contributed by atoms with Crippen molar-refractivity contribution in [2.45, 2.75) is 25.3 Å². The Bertz CT molecular complexity index is 382. The highest BCUT2D eigenvalue weighted by molar-refractivity contribution is 5.74. The summed E-state index contributed by atoms with van der Waals surface area (Å²) < 4.78 is 5.23. The second-order valence-corrected chi connectivity index (χ2v) is 4.42. The number of nitrogens with two attached hydrogens (primary N) is 1. The van der Waals surface area contributed by atoms with E-state index >= 15 is 0 Å². The predicted octanol–water partition coefficient (Wildman–Crippen LogP) is 1.63. The third-order valence-corrected chi connectivity index (χ3v) is 3.41. The highest BCUT2D eigenvalue weighted by atomic mass is 16.5. The summed E-state index contributed by atoms with van der Waals surface area (Å²) in [6, 6.07) is 5.97. The first-order valence-electron chi connectivity index (χ1n) is 6.08. The number of ether oxygens (including phenoxy) is 1. The van der Waals surface area contributed by atoms with Gasteiger partial charge >= 0.3 is 0 Å². The molecule has 1 atom stereocenters. The van der Waals surface area contributed by atoms with E-state index in [4.69, 9.17) is 10.5 Å². The molecule has 1 heterocycles. The molecule has 0 amide bonds. The lowest BCUT2D eigenvalue weighted by Gasteiger charge is -2.37. The van der Waals surface area contributed by atoms with E-state index in [0.29, 0.717) is 11.4 Å². The summed E-state index contributed by atoms with van der Waals surface area (Å²) >= 11 is 0. The summed E-state index contributed by atoms with van der Waals surface area (Å²) in [6.07, 6.45) is 3.34. The quantitative estimate of drug-likeness (QED) is 0.783. The number of piperidine rings is 1. The van der Waals surface area contributed by atoms with Gasteiger partial charge in [0.05, 0.1) is 31.1 Å². The van der Waals surface area contributed by atoms with Crippen molar-refractivity contribution in [1.82, 2.24) is 0 Å². The molecule has 0 saturated carbocycles. The monoisotopic (exact) mass is 236 g/mol. The van der Waals surface area contributed by atoms with Crippen molar-refractivity contribution in [2.24, 2.45) is 0 Å². The number of nitrogen functional groups attached to an aromatic ring is 1. The van der Waals surface area contributed by atoms with E-state index in [0.717, 1.165) is 25.1 Å². The maximum absolute atomic E-state index is 9.43. The van der Waals surface area contributed by atoms with Crippen LogP contribution >= 0.6 is 0 Å². The van der Waals surface area contributed by atoms with Gasteiger partial charge < -0.3 is 20.5 Å². The van der Waals surface area contributed by atoms with Gasteiger partial charge in [0.15, 0.2) is 0 Å². The van der Waals surface area contributed by atoms with Crippen molar-refractivity contribution < 1.29 is 9.84 Å². The van der Waals surface area contributed by atoms with E-state index in [1.54, 1.807) is 7.11 Å². The van der Waals surface area contributed by atoms with E-state index in [1.165, 1.54) is 6.42 Å². The van der Waals surface area contributed by atoms with Crippen molar-refractivity contribution in [2.75, 3.05) is 30.9 Å². The Labute approximate surface area is 102 Å². The van der Waals surface area contributed by atoms with Gasteiger partial charge in [-0.3, -0.25) is 0 Å². The highest BCUT2D eigenvalue weighted by Crippen LogP contribution is 2.35. The Kier molecular flexibility index (Phi) is 3.74. The number of anilines is 2. The van der Waals surface area contributed by atoms with Crippen LogP contribution in [0.2, 0.25) is 0 Å². The number of methoxy groups -OCH3 is 1. The standard InChI is InChI=1S/C13H20N2O2/c1-17-12-7-4-6-11(13(12)14)15-8-3-2-5-10(15)9-16/h4,6-7,10,16H,2-3,5,8-9,14H2,1H3. The Morgan fingerprint density at radius 1 is 1.47 bits per heavy atom. The molecule has 3 N–H and O–H groups in total. The Morgan fingerprint density at radius 3 is 3.00 bits per heavy atom. The summed E-state index contributed by atoms with van der Waals surface area (Å²) in [5.41, 5.74) is 7.73. The molecule has 0 aliphatic carbocycles. The average Bonchev–Trinajstić information content (AvgIpc) is 2.39. The smallest absolute Gasteiger partial charge is 0.143 e. The molecule has 1 aliphatic heterocycles. The van der Waals surface area contributed by atoms with Gasteiger partial charge in [-0.1, -0.05) is 6.07 Å². The Morgan fingerprint density at radius 2 is 2.29 bits per heavy atom. The lowest BCUT2D eigenvalue weighted by molar-refractivity contribution is 0.240. The number of hydrogen-bond donors (Lipinski definition) is 2. The van der Waals surface area contributed by atoms with Crippen molar-refractivity contribution in [3.63, 3.8) is 0 Å². The zero-order valence-electron chi connectivity index (χ0n) is 10.2. The van der Waals surface area contributed by atoms with E-state index < -0.39 is 0 Å². The fourth-order valence-corrected chi connectivity index (χ4v) is 2.47. The molecule has 17 heavy (non-hydrogen) atoms. The number of benzene rings is 1. The van der Waals surface area contributed by atoms with Crippen LogP contribution in [0.15, 0.2) is 18.2 Å². The van der Waals surface area contributed by atoms with Crippen LogP contribution in [0.4, 0.5) is 11.4 Å². The average molecular weight is 236 g/mol. The molecule has 1 unspecified atom stereocenters. The molecule has 1 aliphatic rings. The number of aliphatic hydroxyl groups is 1. The van der Waals surface area contributed by atoms with Gasteiger partial charge in [0.2, 0.25) is 0 Å². The minimum absolute atomic E-state index is 0.177. The van der Waals surface area contributed by atoms with Crippen molar-refractivity contribution >= 4 is 11.4 Å². The molecule has 1 aromatic rings. The van der Waals surface area contributed by atoms with Gasteiger partial charge in [0.1, 0.15) is 5.75 Å². The van der Waals surface area contributed by atoms with Gasteiger partial charge in [-0.25, -0.2) is 0 Å². The molecule has 4 heteroatoms. The van der Waals surface area contributed by atoms with Crippen LogP contribution in [0.1, 0.15) is 19.3 Å². The Hall–Kier alpha value is -1.42. The van der Waals surface area contributed by atoms with Crippen LogP contribution in [0.3, 0.4) is 0 Å². The zero-order valence-corrected chi connectivity index (χ0v) is 10.2. The molecule has 4 nitrogen and oxygen atoms in total. The first-order chi connectivity index (χ1) is 8.27. The molecule has 0 spiro atoms. The summed E-state index contributed by atoms with van der Waals surface area (Å²) in [5.74, 6) is 0.699. The van der Waals surface area contributed by atoms with Gasteiger partial charge in [0.25, 0.3) is 0 Å². The van der Waals surface area contributed by atoms with Crippen molar-refractivity contribution in [3.8, 4) is 5.75 Å². The number of nitrogens with zero attached hydrogens (tertiary/aromatic N) is 1.